The van der Waals surface area contributed by atoms with Crippen molar-refractivity contribution in [3.8, 4) is 9.75 Å². The van der Waals surface area contributed by atoms with Crippen LogP contribution in [0, 0.1) is 13.8 Å². The summed E-state index contributed by atoms with van der Waals surface area (Å²) in [5.74, 6) is -0.964. The van der Waals surface area contributed by atoms with Crippen LogP contribution in [0.15, 0.2) is 9.85 Å². The summed E-state index contributed by atoms with van der Waals surface area (Å²) in [5.41, 5.74) is 8.18. The zero-order valence-electron chi connectivity index (χ0n) is 9.20. The van der Waals surface area contributed by atoms with Crippen molar-refractivity contribution in [2.24, 2.45) is 0 Å². The Labute approximate surface area is 115 Å². The van der Waals surface area contributed by atoms with Gasteiger partial charge in [0.05, 0.1) is 14.4 Å². The van der Waals surface area contributed by atoms with E-state index in [9.17, 15) is 4.79 Å². The fourth-order valence-electron chi connectivity index (χ4n) is 1.49. The second-order valence-corrected chi connectivity index (χ2v) is 7.06. The maximum Gasteiger partial charge on any atom is 0.348 e. The first-order valence-electron chi connectivity index (χ1n) is 4.80. The number of nitrogen functional groups attached to an aromatic ring is 1. The quantitative estimate of drug-likeness (QED) is 0.869. The van der Waals surface area contributed by atoms with Gasteiger partial charge in [0.1, 0.15) is 4.88 Å². The number of hydrogen-bond acceptors (Lipinski definition) is 4. The minimum absolute atomic E-state index is 0.222. The predicted molar refractivity (Wildman–Crippen MR) is 76.2 cm³/mol. The zero-order chi connectivity index (χ0) is 12.7. The van der Waals surface area contributed by atoms with Crippen LogP contribution in [0.4, 0.5) is 5.69 Å². The zero-order valence-corrected chi connectivity index (χ0v) is 12.4. The van der Waals surface area contributed by atoms with Gasteiger partial charge in [0, 0.05) is 4.88 Å². The molecule has 0 atom stereocenters. The number of carboxylic acids is 1. The van der Waals surface area contributed by atoms with Crippen molar-refractivity contribution >= 4 is 50.3 Å². The average molecular weight is 332 g/mol. The maximum absolute atomic E-state index is 11.0. The van der Waals surface area contributed by atoms with Gasteiger partial charge >= 0.3 is 5.97 Å². The van der Waals surface area contributed by atoms with Crippen molar-refractivity contribution in [1.82, 2.24) is 0 Å². The molecular weight excluding hydrogens is 322 g/mol. The molecule has 2 aromatic rings. The molecule has 2 rings (SSSR count). The number of carboxylic acid groups (broad SMARTS) is 1. The van der Waals surface area contributed by atoms with Gasteiger partial charge < -0.3 is 10.8 Å². The number of anilines is 1. The first kappa shape index (κ1) is 12.6. The van der Waals surface area contributed by atoms with Gasteiger partial charge in [0.15, 0.2) is 0 Å². The van der Waals surface area contributed by atoms with Crippen molar-refractivity contribution in [2.45, 2.75) is 13.8 Å². The summed E-state index contributed by atoms with van der Waals surface area (Å²) in [6.07, 6.45) is 0. The van der Waals surface area contributed by atoms with Crippen molar-refractivity contribution in [3.63, 3.8) is 0 Å². The van der Waals surface area contributed by atoms with E-state index in [1.54, 1.807) is 11.3 Å². The van der Waals surface area contributed by atoms with Crippen LogP contribution in [-0.4, -0.2) is 11.1 Å². The molecule has 90 valence electrons. The molecule has 0 saturated carbocycles. The van der Waals surface area contributed by atoms with Crippen molar-refractivity contribution < 1.29 is 9.90 Å². The van der Waals surface area contributed by atoms with Gasteiger partial charge in [-0.2, -0.15) is 0 Å². The van der Waals surface area contributed by atoms with Gasteiger partial charge in [0.25, 0.3) is 0 Å². The lowest BCUT2D eigenvalue weighted by atomic mass is 10.2. The molecular formula is C11H10BrNO2S2. The molecule has 0 aliphatic heterocycles. The smallest absolute Gasteiger partial charge is 0.348 e. The summed E-state index contributed by atoms with van der Waals surface area (Å²) in [6, 6.07) is 2.04. The Morgan fingerprint density at radius 2 is 2.06 bits per heavy atom. The van der Waals surface area contributed by atoms with Crippen LogP contribution in [0.25, 0.3) is 9.75 Å². The number of nitrogens with two attached hydrogens (primary N) is 1. The van der Waals surface area contributed by atoms with Crippen LogP contribution >= 0.6 is 38.6 Å². The first-order valence-corrected chi connectivity index (χ1v) is 7.23. The Balaban J connectivity index is 2.60. The number of aromatic carboxylic acids is 1. The molecule has 0 fully saturated rings. The van der Waals surface area contributed by atoms with Gasteiger partial charge in [-0.3, -0.25) is 0 Å². The molecule has 0 radical (unpaired) electrons. The molecule has 0 spiro atoms. The molecule has 0 aliphatic carbocycles. The molecule has 0 saturated heterocycles. The van der Waals surface area contributed by atoms with Gasteiger partial charge in [0.2, 0.25) is 0 Å². The summed E-state index contributed by atoms with van der Waals surface area (Å²) in [5, 5.41) is 9.03. The highest BCUT2D eigenvalue weighted by Gasteiger charge is 2.20. The molecule has 17 heavy (non-hydrogen) atoms. The number of hydrogen-bond donors (Lipinski definition) is 2. The largest absolute Gasteiger partial charge is 0.477 e. The minimum atomic E-state index is -0.964. The van der Waals surface area contributed by atoms with Gasteiger partial charge in [-0.1, -0.05) is 0 Å². The van der Waals surface area contributed by atoms with Crippen molar-refractivity contribution in [3.05, 3.63) is 25.9 Å². The Hall–Kier alpha value is -0.850. The summed E-state index contributed by atoms with van der Waals surface area (Å²) in [7, 11) is 0. The average Bonchev–Trinajstić information content (AvgIpc) is 2.71. The van der Waals surface area contributed by atoms with E-state index in [2.05, 4.69) is 15.9 Å². The lowest BCUT2D eigenvalue weighted by Crippen LogP contribution is -1.97. The topological polar surface area (TPSA) is 63.3 Å². The van der Waals surface area contributed by atoms with Crippen LogP contribution in [0.1, 0.15) is 20.8 Å². The molecule has 6 heteroatoms. The van der Waals surface area contributed by atoms with E-state index >= 15 is 0 Å². The second-order valence-electron chi connectivity index (χ2n) is 3.67. The molecule has 3 nitrogen and oxygen atoms in total. The van der Waals surface area contributed by atoms with E-state index in [-0.39, 0.29) is 4.88 Å². The fourth-order valence-corrected chi connectivity index (χ4v) is 4.25. The number of halogens is 1. The summed E-state index contributed by atoms with van der Waals surface area (Å²) in [4.78, 5) is 13.2. The molecule has 2 aromatic heterocycles. The Bertz CT molecular complexity index is 581. The number of aryl methyl sites for hydroxylation is 1. The Kier molecular flexibility index (Phi) is 3.29. The van der Waals surface area contributed by atoms with Crippen molar-refractivity contribution in [2.75, 3.05) is 5.73 Å². The lowest BCUT2D eigenvalue weighted by molar-refractivity contribution is 0.0703. The standard InChI is InChI=1S/C11H10BrNO2S2/c1-4-3-6(16-10(4)12)8-5(2)7(13)9(17-8)11(14)15/h3H,13H2,1-2H3,(H,14,15). The summed E-state index contributed by atoms with van der Waals surface area (Å²) >= 11 is 6.30. The molecule has 0 aromatic carbocycles. The second kappa shape index (κ2) is 4.44. The van der Waals surface area contributed by atoms with E-state index < -0.39 is 5.97 Å². The monoisotopic (exact) mass is 331 g/mol. The van der Waals surface area contributed by atoms with E-state index in [0.29, 0.717) is 5.69 Å². The Morgan fingerprint density at radius 1 is 1.41 bits per heavy atom. The molecule has 0 amide bonds. The molecule has 0 aliphatic rings. The van der Waals surface area contributed by atoms with Crippen LogP contribution in [0.3, 0.4) is 0 Å². The first-order chi connectivity index (χ1) is 7.91. The Morgan fingerprint density at radius 3 is 2.47 bits per heavy atom. The third-order valence-corrected chi connectivity index (χ3v) is 6.08. The molecule has 2 heterocycles. The van der Waals surface area contributed by atoms with E-state index in [4.69, 9.17) is 10.8 Å². The fraction of sp³-hybridized carbons (Fsp3) is 0.182. The lowest BCUT2D eigenvalue weighted by Gasteiger charge is -1.94. The highest BCUT2D eigenvalue weighted by Crippen LogP contribution is 2.43. The predicted octanol–water partition coefficient (Wildman–Crippen LogP) is 4.14. The van der Waals surface area contributed by atoms with Crippen LogP contribution in [0.2, 0.25) is 0 Å². The highest BCUT2D eigenvalue weighted by molar-refractivity contribution is 9.11. The van der Waals surface area contributed by atoms with Crippen molar-refractivity contribution in [1.29, 1.82) is 0 Å². The third kappa shape index (κ3) is 2.12. The SMILES string of the molecule is Cc1cc(-c2sc(C(=O)O)c(N)c2C)sc1Br. The van der Waals surface area contributed by atoms with Gasteiger partial charge in [-0.25, -0.2) is 4.79 Å². The normalized spacial score (nSPS) is 10.8. The number of thiophene rings is 2. The van der Waals surface area contributed by atoms with E-state index in [1.165, 1.54) is 11.3 Å². The van der Waals surface area contributed by atoms with E-state index in [0.717, 1.165) is 24.7 Å². The molecule has 0 unspecified atom stereocenters. The third-order valence-electron chi connectivity index (χ3n) is 2.47. The summed E-state index contributed by atoms with van der Waals surface area (Å²) < 4.78 is 1.07. The van der Waals surface area contributed by atoms with E-state index in [1.807, 2.05) is 19.9 Å². The highest BCUT2D eigenvalue weighted by atomic mass is 79.9. The summed E-state index contributed by atoms with van der Waals surface area (Å²) in [6.45, 7) is 3.87. The van der Waals surface area contributed by atoms with Gasteiger partial charge in [-0.05, 0) is 47.0 Å². The van der Waals surface area contributed by atoms with Crippen LogP contribution < -0.4 is 5.73 Å². The number of carbonyl (C=O) groups is 1. The molecule has 0 bridgehead atoms. The molecule has 3 N–H and O–H groups in total. The minimum Gasteiger partial charge on any atom is -0.477 e. The maximum atomic E-state index is 11.0. The van der Waals surface area contributed by atoms with Crippen LogP contribution in [-0.2, 0) is 0 Å². The van der Waals surface area contributed by atoms with Gasteiger partial charge in [-0.15, -0.1) is 22.7 Å². The number of rotatable bonds is 2. The van der Waals surface area contributed by atoms with Crippen LogP contribution in [0.5, 0.6) is 0 Å².